The van der Waals surface area contributed by atoms with Crippen molar-refractivity contribution in [2.75, 3.05) is 5.75 Å². The standard InChI is InChI=1S/C21H19ClN4OS/c1-2-11-26-20(14-7-9-15(22)10-8-14)24-25-21(26)28-13-19(27)17-12-23-18-6-4-3-5-16(17)18/h3-10,12,23H,2,11,13H2,1H3. The summed E-state index contributed by atoms with van der Waals surface area (Å²) >= 11 is 7.41. The van der Waals surface area contributed by atoms with Crippen LogP contribution >= 0.6 is 23.4 Å². The molecule has 0 unspecified atom stereocenters. The maximum atomic E-state index is 12.8. The number of aromatic amines is 1. The molecule has 0 bridgehead atoms. The summed E-state index contributed by atoms with van der Waals surface area (Å²) < 4.78 is 2.07. The molecule has 7 heteroatoms. The molecule has 5 nitrogen and oxygen atoms in total. The number of Topliss-reactive ketones (excluding diaryl/α,β-unsaturated/α-hetero) is 1. The van der Waals surface area contributed by atoms with E-state index < -0.39 is 0 Å². The number of thioether (sulfide) groups is 1. The van der Waals surface area contributed by atoms with E-state index in [1.54, 1.807) is 6.20 Å². The maximum Gasteiger partial charge on any atom is 0.191 e. The lowest BCUT2D eigenvalue weighted by molar-refractivity contribution is 0.102. The van der Waals surface area contributed by atoms with Gasteiger partial charge in [-0.1, -0.05) is 48.5 Å². The van der Waals surface area contributed by atoms with Crippen LogP contribution in [-0.2, 0) is 6.54 Å². The van der Waals surface area contributed by atoms with Gasteiger partial charge >= 0.3 is 0 Å². The van der Waals surface area contributed by atoms with Gasteiger partial charge in [0, 0.05) is 39.8 Å². The molecule has 4 rings (SSSR count). The van der Waals surface area contributed by atoms with E-state index in [1.807, 2.05) is 48.5 Å². The van der Waals surface area contributed by atoms with E-state index in [2.05, 4.69) is 26.7 Å². The minimum Gasteiger partial charge on any atom is -0.360 e. The Kier molecular flexibility index (Phi) is 5.50. The zero-order valence-corrected chi connectivity index (χ0v) is 16.9. The van der Waals surface area contributed by atoms with Crippen molar-refractivity contribution >= 4 is 40.0 Å². The van der Waals surface area contributed by atoms with E-state index in [0.717, 1.165) is 40.4 Å². The molecule has 0 spiro atoms. The lowest BCUT2D eigenvalue weighted by Gasteiger charge is -2.08. The smallest absolute Gasteiger partial charge is 0.191 e. The summed E-state index contributed by atoms with van der Waals surface area (Å²) in [5.74, 6) is 1.17. The van der Waals surface area contributed by atoms with Gasteiger partial charge in [0.15, 0.2) is 16.8 Å². The van der Waals surface area contributed by atoms with Crippen LogP contribution in [0.15, 0.2) is 59.9 Å². The molecule has 2 heterocycles. The van der Waals surface area contributed by atoms with Gasteiger partial charge in [0.25, 0.3) is 0 Å². The van der Waals surface area contributed by atoms with Crippen molar-refractivity contribution in [3.63, 3.8) is 0 Å². The second kappa shape index (κ2) is 8.20. The summed E-state index contributed by atoms with van der Waals surface area (Å²) in [5, 5.41) is 11.1. The van der Waals surface area contributed by atoms with Crippen LogP contribution in [0.4, 0.5) is 0 Å². The molecule has 4 aromatic rings. The third-order valence-electron chi connectivity index (χ3n) is 4.49. The number of rotatable bonds is 7. The number of halogens is 1. The number of carbonyl (C=O) groups excluding carboxylic acids is 1. The molecular formula is C21H19ClN4OS. The first-order valence-electron chi connectivity index (χ1n) is 9.08. The molecule has 0 aliphatic rings. The molecule has 0 atom stereocenters. The second-order valence-electron chi connectivity index (χ2n) is 6.42. The van der Waals surface area contributed by atoms with Gasteiger partial charge in [-0.25, -0.2) is 0 Å². The highest BCUT2D eigenvalue weighted by atomic mass is 35.5. The lowest BCUT2D eigenvalue weighted by atomic mass is 10.1. The summed E-state index contributed by atoms with van der Waals surface area (Å²) in [6, 6.07) is 15.4. The number of fused-ring (bicyclic) bond motifs is 1. The van der Waals surface area contributed by atoms with Crippen molar-refractivity contribution in [2.45, 2.75) is 25.0 Å². The fraction of sp³-hybridized carbons (Fsp3) is 0.190. The number of carbonyl (C=O) groups is 1. The average molecular weight is 411 g/mol. The fourth-order valence-corrected chi connectivity index (χ4v) is 4.12. The monoisotopic (exact) mass is 410 g/mol. The molecule has 0 aliphatic heterocycles. The van der Waals surface area contributed by atoms with Crippen molar-refractivity contribution < 1.29 is 4.79 Å². The highest BCUT2D eigenvalue weighted by molar-refractivity contribution is 7.99. The average Bonchev–Trinajstić information content (AvgIpc) is 3.31. The summed E-state index contributed by atoms with van der Waals surface area (Å²) in [6.45, 7) is 2.89. The maximum absolute atomic E-state index is 12.8. The number of ketones is 1. The van der Waals surface area contributed by atoms with E-state index in [1.165, 1.54) is 11.8 Å². The van der Waals surface area contributed by atoms with Crippen LogP contribution < -0.4 is 0 Å². The van der Waals surface area contributed by atoms with E-state index in [0.29, 0.717) is 16.3 Å². The Morgan fingerprint density at radius 3 is 2.71 bits per heavy atom. The molecule has 0 amide bonds. The van der Waals surface area contributed by atoms with Crippen molar-refractivity contribution in [2.24, 2.45) is 0 Å². The fourth-order valence-electron chi connectivity index (χ4n) is 3.14. The molecule has 2 aromatic heterocycles. The van der Waals surface area contributed by atoms with Crippen molar-refractivity contribution in [3.05, 3.63) is 65.3 Å². The Hall–Kier alpha value is -2.57. The first kappa shape index (κ1) is 18.8. The molecule has 2 aromatic carbocycles. The minimum absolute atomic E-state index is 0.0709. The van der Waals surface area contributed by atoms with Gasteiger partial charge in [-0.3, -0.25) is 4.79 Å². The predicted octanol–water partition coefficient (Wildman–Crippen LogP) is 5.46. The SMILES string of the molecule is CCCn1c(SCC(=O)c2c[nH]c3ccccc23)nnc1-c1ccc(Cl)cc1. The zero-order chi connectivity index (χ0) is 19.5. The minimum atomic E-state index is 0.0709. The molecule has 1 N–H and O–H groups in total. The molecule has 0 aliphatic carbocycles. The van der Waals surface area contributed by atoms with Crippen LogP contribution in [0.1, 0.15) is 23.7 Å². The van der Waals surface area contributed by atoms with Gasteiger partial charge in [0.2, 0.25) is 0 Å². The first-order valence-corrected chi connectivity index (χ1v) is 10.4. The number of H-pyrrole nitrogens is 1. The number of hydrogen-bond acceptors (Lipinski definition) is 4. The summed E-state index contributed by atoms with van der Waals surface area (Å²) in [4.78, 5) is 15.9. The summed E-state index contributed by atoms with van der Waals surface area (Å²) in [5.41, 5.74) is 2.64. The van der Waals surface area contributed by atoms with Crippen LogP contribution in [0.3, 0.4) is 0 Å². The third kappa shape index (κ3) is 3.70. The van der Waals surface area contributed by atoms with Crippen LogP contribution in [0.5, 0.6) is 0 Å². The molecule has 28 heavy (non-hydrogen) atoms. The van der Waals surface area contributed by atoms with Crippen LogP contribution in [0.2, 0.25) is 5.02 Å². The van der Waals surface area contributed by atoms with E-state index in [-0.39, 0.29) is 5.78 Å². The van der Waals surface area contributed by atoms with Crippen LogP contribution in [-0.4, -0.2) is 31.3 Å². The van der Waals surface area contributed by atoms with Gasteiger partial charge < -0.3 is 9.55 Å². The Bertz CT molecular complexity index is 1120. The van der Waals surface area contributed by atoms with Gasteiger partial charge in [0.05, 0.1) is 5.75 Å². The van der Waals surface area contributed by atoms with E-state index in [9.17, 15) is 4.79 Å². The Morgan fingerprint density at radius 1 is 1.14 bits per heavy atom. The third-order valence-corrected chi connectivity index (χ3v) is 5.71. The number of aromatic nitrogens is 4. The van der Waals surface area contributed by atoms with Gasteiger partial charge in [-0.2, -0.15) is 0 Å². The van der Waals surface area contributed by atoms with Gasteiger partial charge in [-0.05, 0) is 36.8 Å². The Morgan fingerprint density at radius 2 is 1.93 bits per heavy atom. The molecule has 0 fully saturated rings. The first-order chi connectivity index (χ1) is 13.7. The molecule has 142 valence electrons. The zero-order valence-electron chi connectivity index (χ0n) is 15.4. The largest absolute Gasteiger partial charge is 0.360 e. The van der Waals surface area contributed by atoms with Crippen LogP contribution in [0, 0.1) is 0 Å². The number of nitrogens with one attached hydrogen (secondary N) is 1. The van der Waals surface area contributed by atoms with Gasteiger partial charge in [-0.15, -0.1) is 10.2 Å². The number of hydrogen-bond donors (Lipinski definition) is 1. The van der Waals surface area contributed by atoms with E-state index in [4.69, 9.17) is 11.6 Å². The van der Waals surface area contributed by atoms with Crippen LogP contribution in [0.25, 0.3) is 22.3 Å². The summed E-state index contributed by atoms with van der Waals surface area (Å²) in [7, 11) is 0. The lowest BCUT2D eigenvalue weighted by Crippen LogP contribution is -2.05. The summed E-state index contributed by atoms with van der Waals surface area (Å²) in [6.07, 6.45) is 2.73. The molecule has 0 saturated carbocycles. The molecule has 0 radical (unpaired) electrons. The highest BCUT2D eigenvalue weighted by Crippen LogP contribution is 2.27. The molecule has 0 saturated heterocycles. The van der Waals surface area contributed by atoms with Crippen molar-refractivity contribution in [1.82, 2.24) is 19.7 Å². The predicted molar refractivity (Wildman–Crippen MR) is 114 cm³/mol. The van der Waals surface area contributed by atoms with Gasteiger partial charge in [0.1, 0.15) is 0 Å². The van der Waals surface area contributed by atoms with E-state index >= 15 is 0 Å². The topological polar surface area (TPSA) is 63.6 Å². The number of nitrogens with zero attached hydrogens (tertiary/aromatic N) is 3. The van der Waals surface area contributed by atoms with Crippen molar-refractivity contribution in [1.29, 1.82) is 0 Å². The number of benzene rings is 2. The van der Waals surface area contributed by atoms with Crippen molar-refractivity contribution in [3.8, 4) is 11.4 Å². The molecular weight excluding hydrogens is 392 g/mol. The Labute approximate surface area is 172 Å². The normalized spacial score (nSPS) is 11.2. The Balaban J connectivity index is 1.56. The second-order valence-corrected chi connectivity index (χ2v) is 7.80. The highest BCUT2D eigenvalue weighted by Gasteiger charge is 2.17. The quantitative estimate of drug-likeness (QED) is 0.324. The number of para-hydroxylation sites is 1.